The number of aliphatic imine (C=N–C) groups is 1. The first kappa shape index (κ1) is 16.4. The molecule has 3 heterocycles. The summed E-state index contributed by atoms with van der Waals surface area (Å²) in [4.78, 5) is 23.5. The van der Waals surface area contributed by atoms with E-state index in [0.717, 1.165) is 20.8 Å². The van der Waals surface area contributed by atoms with Gasteiger partial charge in [-0.05, 0) is 46.7 Å². The van der Waals surface area contributed by atoms with Crippen molar-refractivity contribution in [2.45, 2.75) is 19.0 Å². The van der Waals surface area contributed by atoms with E-state index in [2.05, 4.69) is 33.6 Å². The highest BCUT2D eigenvalue weighted by Gasteiger charge is 2.29. The summed E-state index contributed by atoms with van der Waals surface area (Å²) in [6, 6.07) is 16.0. The highest BCUT2D eigenvalue weighted by atomic mass is 32.1. The highest BCUT2D eigenvalue weighted by molar-refractivity contribution is 7.18. The molecule has 0 bridgehead atoms. The summed E-state index contributed by atoms with van der Waals surface area (Å²) in [5.41, 5.74) is 8.13. The molecule has 0 saturated carbocycles. The molecule has 0 saturated heterocycles. The Morgan fingerprint density at radius 2 is 2.04 bits per heavy atom. The molecule has 2 aromatic heterocycles. The third kappa shape index (κ3) is 2.98. The van der Waals surface area contributed by atoms with E-state index in [1.165, 1.54) is 15.0 Å². The van der Waals surface area contributed by atoms with Gasteiger partial charge in [0.05, 0.1) is 29.2 Å². The number of nitrogens with two attached hydrogens (primary N) is 1. The average molecular weight is 393 g/mol. The van der Waals surface area contributed by atoms with E-state index in [4.69, 9.17) is 5.73 Å². The van der Waals surface area contributed by atoms with Crippen LogP contribution in [0.15, 0.2) is 58.9 Å². The number of para-hydroxylation sites is 1. The van der Waals surface area contributed by atoms with Crippen LogP contribution in [0.4, 0.5) is 0 Å². The van der Waals surface area contributed by atoms with Gasteiger partial charge in [0, 0.05) is 4.70 Å². The first-order valence-electron chi connectivity index (χ1n) is 8.62. The van der Waals surface area contributed by atoms with Crippen LogP contribution in [0, 0.1) is 0 Å². The molecule has 1 aliphatic rings. The Morgan fingerprint density at radius 1 is 1.15 bits per heavy atom. The van der Waals surface area contributed by atoms with Crippen LogP contribution < -0.4 is 5.73 Å². The van der Waals surface area contributed by atoms with Gasteiger partial charge in [-0.2, -0.15) is 0 Å². The number of amides is 1. The van der Waals surface area contributed by atoms with Crippen molar-refractivity contribution in [1.29, 1.82) is 0 Å². The third-order valence-electron chi connectivity index (χ3n) is 4.73. The molecule has 0 radical (unpaired) electrons. The zero-order chi connectivity index (χ0) is 18.4. The lowest BCUT2D eigenvalue weighted by molar-refractivity contribution is -0.128. The number of carbonyl (C=O) groups excluding carboxylic acids is 1. The number of benzene rings is 2. The van der Waals surface area contributed by atoms with Gasteiger partial charge in [-0.15, -0.1) is 22.7 Å². The Kier molecular flexibility index (Phi) is 3.91. The number of hydrogen-bond acceptors (Lipinski definition) is 6. The zero-order valence-corrected chi connectivity index (χ0v) is 16.0. The fraction of sp³-hybridized carbons (Fsp3) is 0.150. The molecule has 1 amide bonds. The molecule has 0 aliphatic carbocycles. The predicted octanol–water partition coefficient (Wildman–Crippen LogP) is 4.30. The highest BCUT2D eigenvalue weighted by Crippen LogP contribution is 2.31. The maximum atomic E-state index is 12.8. The molecule has 1 aliphatic heterocycles. The SMILES string of the molecule is NC1=N[C@H](c2ccc3sccc3c2)CC(=O)N1Cc1nc2ccccc2s1. The minimum Gasteiger partial charge on any atom is -0.369 e. The van der Waals surface area contributed by atoms with Crippen LogP contribution in [-0.2, 0) is 11.3 Å². The topological polar surface area (TPSA) is 71.6 Å². The van der Waals surface area contributed by atoms with Crippen LogP contribution in [0.1, 0.15) is 23.0 Å². The summed E-state index contributed by atoms with van der Waals surface area (Å²) in [5.74, 6) is 0.248. The quantitative estimate of drug-likeness (QED) is 0.565. The van der Waals surface area contributed by atoms with Crippen LogP contribution in [0.2, 0.25) is 0 Å². The second-order valence-corrected chi connectivity index (χ2v) is 8.54. The van der Waals surface area contributed by atoms with Crippen molar-refractivity contribution in [1.82, 2.24) is 9.88 Å². The largest absolute Gasteiger partial charge is 0.369 e. The minimum absolute atomic E-state index is 0.0165. The van der Waals surface area contributed by atoms with Gasteiger partial charge >= 0.3 is 0 Å². The summed E-state index contributed by atoms with van der Waals surface area (Å²) in [6.45, 7) is 0.365. The number of fused-ring (bicyclic) bond motifs is 2. The zero-order valence-electron chi connectivity index (χ0n) is 14.3. The molecular weight excluding hydrogens is 376 g/mol. The Bertz CT molecular complexity index is 1160. The number of guanidine groups is 1. The molecular formula is C20H16N4OS2. The molecule has 0 unspecified atom stereocenters. The maximum absolute atomic E-state index is 12.8. The normalized spacial score (nSPS) is 17.6. The second-order valence-electron chi connectivity index (χ2n) is 6.48. The predicted molar refractivity (Wildman–Crippen MR) is 111 cm³/mol. The Hall–Kier alpha value is -2.77. The number of aromatic nitrogens is 1. The van der Waals surface area contributed by atoms with Crippen LogP contribution in [0.3, 0.4) is 0 Å². The first-order valence-corrected chi connectivity index (χ1v) is 10.3. The van der Waals surface area contributed by atoms with E-state index >= 15 is 0 Å². The van der Waals surface area contributed by atoms with Gasteiger partial charge in [0.15, 0.2) is 5.96 Å². The minimum atomic E-state index is -0.228. The van der Waals surface area contributed by atoms with E-state index in [1.807, 2.05) is 30.3 Å². The Labute approximate surface area is 163 Å². The van der Waals surface area contributed by atoms with E-state index < -0.39 is 0 Å². The molecule has 5 rings (SSSR count). The van der Waals surface area contributed by atoms with Gasteiger partial charge in [-0.3, -0.25) is 9.69 Å². The monoisotopic (exact) mass is 392 g/mol. The summed E-state index contributed by atoms with van der Waals surface area (Å²) in [5, 5.41) is 4.11. The lowest BCUT2D eigenvalue weighted by atomic mass is 10.0. The van der Waals surface area contributed by atoms with Gasteiger partial charge in [0.1, 0.15) is 5.01 Å². The average Bonchev–Trinajstić information content (AvgIpc) is 3.29. The standard InChI is InChI=1S/C20H16N4OS2/c21-20-23-15(12-5-6-16-13(9-12)7-8-26-16)10-19(25)24(20)11-18-22-14-3-1-2-4-17(14)27-18/h1-9,15H,10-11H2,(H2,21,23)/t15-/m0/s1. The number of thiazole rings is 1. The summed E-state index contributed by atoms with van der Waals surface area (Å²) < 4.78 is 2.34. The van der Waals surface area contributed by atoms with E-state index in [9.17, 15) is 4.79 Å². The van der Waals surface area contributed by atoms with Crippen LogP contribution in [0.5, 0.6) is 0 Å². The number of rotatable bonds is 3. The molecule has 1 atom stereocenters. The molecule has 134 valence electrons. The summed E-state index contributed by atoms with van der Waals surface area (Å²) in [7, 11) is 0. The van der Waals surface area contributed by atoms with E-state index in [0.29, 0.717) is 13.0 Å². The Morgan fingerprint density at radius 3 is 2.89 bits per heavy atom. The van der Waals surface area contributed by atoms with Crippen molar-refractivity contribution in [3.05, 3.63) is 64.5 Å². The van der Waals surface area contributed by atoms with Gasteiger partial charge < -0.3 is 5.73 Å². The van der Waals surface area contributed by atoms with Crippen LogP contribution >= 0.6 is 22.7 Å². The molecule has 5 nitrogen and oxygen atoms in total. The number of nitrogens with zero attached hydrogens (tertiary/aromatic N) is 3. The second kappa shape index (κ2) is 6.44. The Balaban J connectivity index is 1.42. The first-order chi connectivity index (χ1) is 13.2. The van der Waals surface area contributed by atoms with Crippen molar-refractivity contribution in [3.8, 4) is 0 Å². The van der Waals surface area contributed by atoms with Crippen molar-refractivity contribution < 1.29 is 4.79 Å². The van der Waals surface area contributed by atoms with Crippen LogP contribution in [-0.4, -0.2) is 21.8 Å². The molecule has 2 aromatic carbocycles. The fourth-order valence-electron chi connectivity index (χ4n) is 3.36. The summed E-state index contributed by atoms with van der Waals surface area (Å²) >= 11 is 3.29. The smallest absolute Gasteiger partial charge is 0.232 e. The number of thiophene rings is 1. The molecule has 2 N–H and O–H groups in total. The van der Waals surface area contributed by atoms with Crippen LogP contribution in [0.25, 0.3) is 20.3 Å². The number of hydrogen-bond donors (Lipinski definition) is 1. The number of carbonyl (C=O) groups is 1. The maximum Gasteiger partial charge on any atom is 0.232 e. The molecule has 0 fully saturated rings. The van der Waals surface area contributed by atoms with Crippen molar-refractivity contribution in [2.24, 2.45) is 10.7 Å². The third-order valence-corrected chi connectivity index (χ3v) is 6.65. The summed E-state index contributed by atoms with van der Waals surface area (Å²) in [6.07, 6.45) is 0.321. The van der Waals surface area contributed by atoms with Crippen molar-refractivity contribution in [3.63, 3.8) is 0 Å². The van der Waals surface area contributed by atoms with Gasteiger partial charge in [-0.25, -0.2) is 9.98 Å². The van der Waals surface area contributed by atoms with Gasteiger partial charge in [-0.1, -0.05) is 18.2 Å². The molecule has 7 heteroatoms. The molecule has 0 spiro atoms. The van der Waals surface area contributed by atoms with Gasteiger partial charge in [0.2, 0.25) is 5.91 Å². The van der Waals surface area contributed by atoms with E-state index in [-0.39, 0.29) is 17.9 Å². The fourth-order valence-corrected chi connectivity index (χ4v) is 5.08. The van der Waals surface area contributed by atoms with Crippen molar-refractivity contribution in [2.75, 3.05) is 0 Å². The lowest BCUT2D eigenvalue weighted by Crippen LogP contribution is -2.45. The van der Waals surface area contributed by atoms with E-state index in [1.54, 1.807) is 22.7 Å². The molecule has 27 heavy (non-hydrogen) atoms. The molecule has 4 aromatic rings. The van der Waals surface area contributed by atoms with Gasteiger partial charge in [0.25, 0.3) is 0 Å². The van der Waals surface area contributed by atoms with Crippen molar-refractivity contribution >= 4 is 54.8 Å². The lowest BCUT2D eigenvalue weighted by Gasteiger charge is -2.28.